The van der Waals surface area contributed by atoms with Crippen LogP contribution in [0.15, 0.2) is 35.5 Å². The largest absolute Gasteiger partial charge is 0.393 e. The van der Waals surface area contributed by atoms with Gasteiger partial charge >= 0.3 is 0 Å². The maximum Gasteiger partial charge on any atom is 0.127 e. The molecule has 0 aromatic carbocycles. The lowest BCUT2D eigenvalue weighted by Gasteiger charge is -2.44. The van der Waals surface area contributed by atoms with Gasteiger partial charge in [0.25, 0.3) is 0 Å². The highest BCUT2D eigenvalue weighted by molar-refractivity contribution is 5.38. The fraction of sp³-hybridized carbons (Fsp3) is 0.778. The normalized spacial score (nSPS) is 38.8. The molecule has 3 rings (SSSR count). The predicted octanol–water partition coefficient (Wildman–Crippen LogP) is 6.68. The van der Waals surface area contributed by atoms with Gasteiger partial charge in [-0.05, 0) is 93.1 Å². The molecule has 0 saturated heterocycles. The zero-order valence-corrected chi connectivity index (χ0v) is 19.6. The average Bonchev–Trinajstić information content (AvgIpc) is 3.00. The summed E-state index contributed by atoms with van der Waals surface area (Å²) in [6.07, 6.45) is 12.6. The van der Waals surface area contributed by atoms with E-state index in [9.17, 15) is 14.6 Å². The number of aliphatic hydroxyl groups is 2. The number of allylic oxidation sites excluding steroid dienone is 4. The van der Waals surface area contributed by atoms with Gasteiger partial charge in [-0.1, -0.05) is 51.0 Å². The first-order chi connectivity index (χ1) is 14.0. The van der Waals surface area contributed by atoms with Crippen molar-refractivity contribution in [3.05, 3.63) is 35.5 Å². The highest BCUT2D eigenvalue weighted by Crippen LogP contribution is 2.60. The summed E-state index contributed by atoms with van der Waals surface area (Å²) in [5.41, 5.74) is 2.75. The third-order valence-electron chi connectivity index (χ3n) is 8.40. The van der Waals surface area contributed by atoms with Gasteiger partial charge < -0.3 is 10.2 Å². The van der Waals surface area contributed by atoms with Crippen molar-refractivity contribution in [1.29, 1.82) is 0 Å². The van der Waals surface area contributed by atoms with E-state index in [1.54, 1.807) is 0 Å². The van der Waals surface area contributed by atoms with Gasteiger partial charge in [-0.25, -0.2) is 4.39 Å². The molecule has 0 unspecified atom stereocenters. The van der Waals surface area contributed by atoms with Gasteiger partial charge in [0.15, 0.2) is 0 Å². The van der Waals surface area contributed by atoms with Crippen LogP contribution >= 0.6 is 0 Å². The van der Waals surface area contributed by atoms with Crippen LogP contribution in [0.3, 0.4) is 0 Å². The number of hydrogen-bond donors (Lipinski definition) is 2. The van der Waals surface area contributed by atoms with E-state index in [-0.39, 0.29) is 6.42 Å². The summed E-state index contributed by atoms with van der Waals surface area (Å²) in [6, 6.07) is 0. The zero-order chi connectivity index (χ0) is 22.1. The van der Waals surface area contributed by atoms with Crippen molar-refractivity contribution in [2.24, 2.45) is 23.2 Å². The van der Waals surface area contributed by atoms with Crippen molar-refractivity contribution >= 4 is 0 Å². The Balaban J connectivity index is 1.70. The topological polar surface area (TPSA) is 40.5 Å². The number of hydrogen-bond acceptors (Lipinski definition) is 2. The SMILES string of the molecule is C=C1/C(=C\C=C2/CCC[C@]3(C)[C@@H]([C@H](C)CCCC(C)(C)O)CC[C@@H]23)C[C@@H](O)C[C@@H]1F. The molecule has 0 heterocycles. The highest BCUT2D eigenvalue weighted by atomic mass is 19.1. The summed E-state index contributed by atoms with van der Waals surface area (Å²) in [6.45, 7) is 12.7. The first-order valence-electron chi connectivity index (χ1n) is 12.1. The summed E-state index contributed by atoms with van der Waals surface area (Å²) < 4.78 is 14.1. The van der Waals surface area contributed by atoms with Gasteiger partial charge in [0.1, 0.15) is 6.17 Å². The zero-order valence-electron chi connectivity index (χ0n) is 19.6. The Morgan fingerprint density at radius 1 is 1.30 bits per heavy atom. The van der Waals surface area contributed by atoms with Gasteiger partial charge in [-0.3, -0.25) is 0 Å². The van der Waals surface area contributed by atoms with E-state index in [4.69, 9.17) is 0 Å². The standard InChI is InChI=1S/C27H43FO2/c1-18(8-6-14-26(3,4)30)23-12-13-24-20(9-7-15-27(23,24)5)10-11-21-16-22(29)17-25(28)19(21)2/h10-11,18,22-25,29-30H,2,6-9,12-17H2,1,3-5H3/b20-10+,21-11-/t18-,22-,23-,24+,25+,27-/m1/s1. The van der Waals surface area contributed by atoms with Crippen LogP contribution in [0.4, 0.5) is 4.39 Å². The molecular weight excluding hydrogens is 375 g/mol. The second kappa shape index (κ2) is 9.28. The molecule has 0 bridgehead atoms. The Labute approximate surface area is 183 Å². The second-order valence-corrected chi connectivity index (χ2v) is 11.3. The molecular formula is C27H43FO2. The molecule has 30 heavy (non-hydrogen) atoms. The molecule has 3 fully saturated rings. The van der Waals surface area contributed by atoms with Crippen LogP contribution in [0, 0.1) is 23.2 Å². The smallest absolute Gasteiger partial charge is 0.127 e. The van der Waals surface area contributed by atoms with Gasteiger partial charge in [0.2, 0.25) is 0 Å². The maximum absolute atomic E-state index is 14.1. The Bertz CT molecular complexity index is 685. The monoisotopic (exact) mass is 418 g/mol. The van der Waals surface area contributed by atoms with Crippen LogP contribution < -0.4 is 0 Å². The van der Waals surface area contributed by atoms with E-state index in [0.29, 0.717) is 29.2 Å². The Morgan fingerprint density at radius 3 is 2.73 bits per heavy atom. The first-order valence-corrected chi connectivity index (χ1v) is 12.1. The Morgan fingerprint density at radius 2 is 2.03 bits per heavy atom. The number of rotatable bonds is 6. The quantitative estimate of drug-likeness (QED) is 0.505. The summed E-state index contributed by atoms with van der Waals surface area (Å²) >= 11 is 0. The van der Waals surface area contributed by atoms with Crippen LogP contribution in [-0.2, 0) is 0 Å². The fourth-order valence-corrected chi connectivity index (χ4v) is 6.71. The van der Waals surface area contributed by atoms with Crippen molar-refractivity contribution < 1.29 is 14.6 Å². The van der Waals surface area contributed by atoms with E-state index in [1.807, 2.05) is 13.8 Å². The molecule has 3 heteroatoms. The van der Waals surface area contributed by atoms with Crippen LogP contribution in [-0.4, -0.2) is 28.1 Å². The summed E-state index contributed by atoms with van der Waals surface area (Å²) in [5, 5.41) is 20.0. The molecule has 6 atom stereocenters. The highest BCUT2D eigenvalue weighted by Gasteiger charge is 2.50. The first kappa shape index (κ1) is 23.7. The molecule has 3 saturated carbocycles. The molecule has 0 aliphatic heterocycles. The van der Waals surface area contributed by atoms with E-state index >= 15 is 0 Å². The molecule has 170 valence electrons. The van der Waals surface area contributed by atoms with Crippen LogP contribution in [0.2, 0.25) is 0 Å². The molecule has 0 aromatic rings. The minimum absolute atomic E-state index is 0.181. The number of fused-ring (bicyclic) bond motifs is 1. The molecule has 0 aromatic heterocycles. The van der Waals surface area contributed by atoms with E-state index in [1.165, 1.54) is 37.7 Å². The Kier molecular flexibility index (Phi) is 7.34. The molecule has 0 spiro atoms. The molecule has 0 radical (unpaired) electrons. The van der Waals surface area contributed by atoms with Gasteiger partial charge in [0, 0.05) is 6.42 Å². The number of halogens is 1. The predicted molar refractivity (Wildman–Crippen MR) is 123 cm³/mol. The Hall–Kier alpha value is -0.930. The summed E-state index contributed by atoms with van der Waals surface area (Å²) in [5.74, 6) is 2.04. The second-order valence-electron chi connectivity index (χ2n) is 11.3. The number of alkyl halides is 1. The fourth-order valence-electron chi connectivity index (χ4n) is 6.71. The van der Waals surface area contributed by atoms with E-state index in [2.05, 4.69) is 32.6 Å². The molecule has 0 amide bonds. The lowest BCUT2D eigenvalue weighted by molar-refractivity contribution is 0.0596. The third kappa shape index (κ3) is 5.27. The lowest BCUT2D eigenvalue weighted by Crippen LogP contribution is -2.36. The minimum Gasteiger partial charge on any atom is -0.393 e. The van der Waals surface area contributed by atoms with Crippen molar-refractivity contribution in [3.63, 3.8) is 0 Å². The summed E-state index contributed by atoms with van der Waals surface area (Å²) in [4.78, 5) is 0. The van der Waals surface area contributed by atoms with Gasteiger partial charge in [-0.2, -0.15) is 0 Å². The molecule has 2 N–H and O–H groups in total. The van der Waals surface area contributed by atoms with Gasteiger partial charge in [0.05, 0.1) is 11.7 Å². The molecule has 3 aliphatic rings. The van der Waals surface area contributed by atoms with E-state index in [0.717, 1.165) is 30.8 Å². The van der Waals surface area contributed by atoms with Crippen molar-refractivity contribution in [1.82, 2.24) is 0 Å². The van der Waals surface area contributed by atoms with Crippen LogP contribution in [0.25, 0.3) is 0 Å². The maximum atomic E-state index is 14.1. The average molecular weight is 419 g/mol. The van der Waals surface area contributed by atoms with Crippen LogP contribution in [0.5, 0.6) is 0 Å². The van der Waals surface area contributed by atoms with E-state index < -0.39 is 17.9 Å². The minimum atomic E-state index is -1.12. The number of aliphatic hydroxyl groups excluding tert-OH is 1. The molecule has 2 nitrogen and oxygen atoms in total. The van der Waals surface area contributed by atoms with Crippen LogP contribution in [0.1, 0.15) is 91.9 Å². The van der Waals surface area contributed by atoms with Crippen molar-refractivity contribution in [3.8, 4) is 0 Å². The van der Waals surface area contributed by atoms with Crippen molar-refractivity contribution in [2.75, 3.05) is 0 Å². The summed E-state index contributed by atoms with van der Waals surface area (Å²) in [7, 11) is 0. The lowest BCUT2D eigenvalue weighted by atomic mass is 9.60. The van der Waals surface area contributed by atoms with Crippen molar-refractivity contribution in [2.45, 2.75) is 110 Å². The van der Waals surface area contributed by atoms with Gasteiger partial charge in [-0.15, -0.1) is 0 Å². The molecule has 3 aliphatic carbocycles. The third-order valence-corrected chi connectivity index (χ3v) is 8.40.